The molecule has 3 amide bonds. The van der Waals surface area contributed by atoms with Gasteiger partial charge in [-0.15, -0.1) is 11.3 Å². The first-order valence-electron chi connectivity index (χ1n) is 14.3. The van der Waals surface area contributed by atoms with E-state index < -0.39 is 36.8 Å². The molecule has 11 nitrogen and oxygen atoms in total. The molecular weight excluding hydrogens is 603 g/mol. The van der Waals surface area contributed by atoms with Crippen LogP contribution in [0, 0.1) is 11.8 Å². The minimum atomic E-state index is -5.74. The summed E-state index contributed by atoms with van der Waals surface area (Å²) in [5, 5.41) is 3.10. The summed E-state index contributed by atoms with van der Waals surface area (Å²) in [6, 6.07) is 3.29. The zero-order chi connectivity index (χ0) is 30.3. The van der Waals surface area contributed by atoms with E-state index in [2.05, 4.69) is 10.3 Å². The van der Waals surface area contributed by atoms with Gasteiger partial charge in [0.05, 0.1) is 17.2 Å². The molecule has 0 radical (unpaired) electrons. The summed E-state index contributed by atoms with van der Waals surface area (Å²) in [6.45, 7) is 1.11. The van der Waals surface area contributed by atoms with E-state index in [1.165, 1.54) is 12.1 Å². The van der Waals surface area contributed by atoms with Crippen LogP contribution in [0.25, 0.3) is 10.1 Å². The van der Waals surface area contributed by atoms with Gasteiger partial charge in [-0.25, -0.2) is 4.98 Å². The number of nitrogens with one attached hydrogen (secondary N) is 1. The smallest absolute Gasteiger partial charge is 0.340 e. The van der Waals surface area contributed by atoms with Crippen LogP contribution in [0.4, 0.5) is 8.78 Å². The fourth-order valence-electron chi connectivity index (χ4n) is 6.89. The summed E-state index contributed by atoms with van der Waals surface area (Å²) in [7, 11) is -5.74. The topological polar surface area (TPSA) is 145 Å². The quantitative estimate of drug-likeness (QED) is 0.354. The van der Waals surface area contributed by atoms with E-state index in [4.69, 9.17) is 9.79 Å². The molecule has 3 saturated heterocycles. The Balaban J connectivity index is 1.08. The number of hydrogen-bond acceptors (Lipinski definition) is 6. The number of thiophene rings is 1. The first kappa shape index (κ1) is 28.6. The Morgan fingerprint density at radius 2 is 1.84 bits per heavy atom. The van der Waals surface area contributed by atoms with Crippen LogP contribution < -0.4 is 5.32 Å². The number of likely N-dealkylation sites (tertiary alicyclic amines) is 1. The van der Waals surface area contributed by atoms with E-state index in [1.54, 1.807) is 22.3 Å². The van der Waals surface area contributed by atoms with Crippen molar-refractivity contribution in [3.05, 3.63) is 53.4 Å². The molecule has 5 heterocycles. The normalized spacial score (nSPS) is 27.7. The van der Waals surface area contributed by atoms with Crippen molar-refractivity contribution in [1.29, 1.82) is 0 Å². The molecule has 2 aromatic heterocycles. The Hall–Kier alpha value is -3.19. The number of benzene rings is 1. The number of alkyl halides is 2. The summed E-state index contributed by atoms with van der Waals surface area (Å²) < 4.78 is 42.3. The lowest BCUT2D eigenvalue weighted by molar-refractivity contribution is -0.150. The number of halogens is 2. The van der Waals surface area contributed by atoms with Crippen molar-refractivity contribution in [3.8, 4) is 0 Å². The Morgan fingerprint density at radius 1 is 1.07 bits per heavy atom. The van der Waals surface area contributed by atoms with Gasteiger partial charge in [-0.3, -0.25) is 18.9 Å². The number of carbonyl (C=O) groups excluding carboxylic acids is 3. The second kappa shape index (κ2) is 10.2. The Kier molecular flexibility index (Phi) is 6.77. The molecule has 3 aliphatic heterocycles. The van der Waals surface area contributed by atoms with E-state index in [1.807, 2.05) is 10.8 Å². The van der Waals surface area contributed by atoms with Crippen molar-refractivity contribution in [2.75, 3.05) is 13.1 Å². The molecule has 0 spiro atoms. The number of amides is 3. The summed E-state index contributed by atoms with van der Waals surface area (Å²) in [5.41, 5.74) is -5.21. The first-order chi connectivity index (χ1) is 20.4. The van der Waals surface area contributed by atoms with Crippen LogP contribution in [0.3, 0.4) is 0 Å². The van der Waals surface area contributed by atoms with Gasteiger partial charge in [0.2, 0.25) is 11.8 Å². The molecule has 7 rings (SSSR count). The molecule has 4 aliphatic rings. The van der Waals surface area contributed by atoms with Crippen LogP contribution in [0.1, 0.15) is 53.4 Å². The van der Waals surface area contributed by atoms with Crippen LogP contribution in [0.2, 0.25) is 0 Å². The number of imidazole rings is 1. The molecule has 3 N–H and O–H groups in total. The second-order valence-corrected chi connectivity index (χ2v) is 14.8. The number of carbonyl (C=O) groups is 3. The summed E-state index contributed by atoms with van der Waals surface area (Å²) >= 11 is 1.04. The van der Waals surface area contributed by atoms with Gasteiger partial charge in [0.1, 0.15) is 12.1 Å². The molecule has 43 heavy (non-hydrogen) atoms. The molecule has 4 fully saturated rings. The fourth-order valence-corrected chi connectivity index (χ4v) is 8.31. The lowest BCUT2D eigenvalue weighted by atomic mass is 9.98. The molecule has 1 saturated carbocycles. The van der Waals surface area contributed by atoms with Crippen LogP contribution in [-0.2, 0) is 19.8 Å². The fraction of sp³-hybridized carbons (Fsp3) is 0.500. The zero-order valence-electron chi connectivity index (χ0n) is 22.9. The molecule has 1 aromatic carbocycles. The number of hydrogen-bond donors (Lipinski definition) is 3. The standard InChI is InChI=1S/C28H30F2N5O6PS/c29-28(30,42(39,40)41)18-1-4-23-17(8-18)11-24(43-23)25(36)32-21-10-16-7-15(16)9-19-2-3-22(35(19)26(21)37)27(38)34-12-20(13-34)33-6-5-31-14-33/h1,4-6,8,11,14-16,19-22H,2-3,7,9-10,12-13H2,(H,32,36)(H2,39,40,41)/t15-,16+,19-,21+,22+/m1/s1. The first-order valence-corrected chi connectivity index (χ1v) is 16.7. The Bertz CT molecular complexity index is 1650. The molecule has 15 heteroatoms. The van der Waals surface area contributed by atoms with Crippen molar-refractivity contribution < 1.29 is 37.5 Å². The number of rotatable bonds is 6. The van der Waals surface area contributed by atoms with Crippen molar-refractivity contribution in [1.82, 2.24) is 24.7 Å². The Labute approximate surface area is 249 Å². The maximum Gasteiger partial charge on any atom is 0.399 e. The number of fused-ring (bicyclic) bond motifs is 3. The third-order valence-electron chi connectivity index (χ3n) is 9.40. The predicted molar refractivity (Wildman–Crippen MR) is 151 cm³/mol. The highest BCUT2D eigenvalue weighted by molar-refractivity contribution is 7.52. The summed E-state index contributed by atoms with van der Waals surface area (Å²) in [6.07, 6.45) is 8.91. The highest BCUT2D eigenvalue weighted by atomic mass is 32.1. The van der Waals surface area contributed by atoms with Gasteiger partial charge >= 0.3 is 13.3 Å². The number of nitrogens with zero attached hydrogens (tertiary/aromatic N) is 4. The van der Waals surface area contributed by atoms with Crippen LogP contribution in [0.5, 0.6) is 0 Å². The number of aromatic nitrogens is 2. The van der Waals surface area contributed by atoms with Gasteiger partial charge in [-0.05, 0) is 67.5 Å². The molecule has 5 atom stereocenters. The van der Waals surface area contributed by atoms with Crippen molar-refractivity contribution in [3.63, 3.8) is 0 Å². The van der Waals surface area contributed by atoms with Gasteiger partial charge in [-0.2, -0.15) is 8.78 Å². The van der Waals surface area contributed by atoms with Gasteiger partial charge in [-0.1, -0.05) is 6.07 Å². The molecule has 0 bridgehead atoms. The van der Waals surface area contributed by atoms with Crippen LogP contribution >= 0.6 is 18.9 Å². The van der Waals surface area contributed by atoms with E-state index >= 15 is 0 Å². The molecule has 228 valence electrons. The van der Waals surface area contributed by atoms with E-state index in [0.29, 0.717) is 42.5 Å². The maximum atomic E-state index is 14.3. The van der Waals surface area contributed by atoms with Gasteiger partial charge < -0.3 is 29.5 Å². The minimum absolute atomic E-state index is 0.0553. The van der Waals surface area contributed by atoms with Crippen LogP contribution in [0.15, 0.2) is 43.0 Å². The van der Waals surface area contributed by atoms with Crippen molar-refractivity contribution in [2.24, 2.45) is 11.8 Å². The second-order valence-electron chi connectivity index (χ2n) is 12.1. The predicted octanol–water partition coefficient (Wildman–Crippen LogP) is 3.30. The average Bonchev–Trinajstić information content (AvgIpc) is 3.34. The zero-order valence-corrected chi connectivity index (χ0v) is 24.6. The lowest BCUT2D eigenvalue weighted by Gasteiger charge is -2.43. The van der Waals surface area contributed by atoms with E-state index in [9.17, 15) is 27.7 Å². The largest absolute Gasteiger partial charge is 0.399 e. The molecule has 3 aromatic rings. The van der Waals surface area contributed by atoms with E-state index in [0.717, 1.165) is 42.7 Å². The average molecular weight is 634 g/mol. The van der Waals surface area contributed by atoms with E-state index in [-0.39, 0.29) is 34.2 Å². The van der Waals surface area contributed by atoms with Gasteiger partial charge in [0.25, 0.3) is 5.91 Å². The van der Waals surface area contributed by atoms with Crippen molar-refractivity contribution in [2.45, 2.75) is 61.9 Å². The molecular formula is C28H30F2N5O6PS. The summed E-state index contributed by atoms with van der Waals surface area (Å²) in [5.74, 6) is -0.113. The highest BCUT2D eigenvalue weighted by Crippen LogP contribution is 2.59. The Morgan fingerprint density at radius 3 is 2.56 bits per heavy atom. The third-order valence-corrected chi connectivity index (χ3v) is 11.5. The molecule has 1 aliphatic carbocycles. The van der Waals surface area contributed by atoms with Crippen molar-refractivity contribution >= 4 is 46.7 Å². The maximum absolute atomic E-state index is 14.3. The minimum Gasteiger partial charge on any atom is -0.340 e. The third kappa shape index (κ3) is 4.98. The van der Waals surface area contributed by atoms with Gasteiger partial charge in [0, 0.05) is 41.8 Å². The highest BCUT2D eigenvalue weighted by Gasteiger charge is 2.53. The SMILES string of the molecule is O=C(N[C@H]1C[C@@H]2C[C@@H]2C[C@H]2CC[C@@H](C(=O)N3CC(n4ccnc4)C3)N2C1=O)c1cc2cc(C(F)(F)P(=O)(O)O)ccc2s1. The monoisotopic (exact) mass is 633 g/mol. The van der Waals surface area contributed by atoms with Crippen LogP contribution in [-0.4, -0.2) is 78.1 Å². The van der Waals surface area contributed by atoms with Gasteiger partial charge in [0.15, 0.2) is 0 Å². The lowest BCUT2D eigenvalue weighted by Crippen LogP contribution is -2.60. The molecule has 0 unspecified atom stereocenters. The summed E-state index contributed by atoms with van der Waals surface area (Å²) in [4.78, 5) is 66.9.